The van der Waals surface area contributed by atoms with Gasteiger partial charge in [-0.05, 0) is 51.2 Å². The number of nitrogens with zero attached hydrogens (tertiary/aromatic N) is 1. The number of morpholine rings is 1. The normalized spacial score (nSPS) is 22.7. The molecule has 1 aromatic carbocycles. The molecular formula is C20H32FNO. The van der Waals surface area contributed by atoms with Crippen LogP contribution in [0, 0.1) is 12.7 Å². The third kappa shape index (κ3) is 4.33. The number of benzene rings is 1. The van der Waals surface area contributed by atoms with Gasteiger partial charge in [-0.2, -0.15) is 0 Å². The van der Waals surface area contributed by atoms with Gasteiger partial charge in [0, 0.05) is 25.2 Å². The summed E-state index contributed by atoms with van der Waals surface area (Å²) in [5, 5.41) is 0. The minimum atomic E-state index is -0.407. The second-order valence-corrected chi connectivity index (χ2v) is 9.06. The zero-order valence-corrected chi connectivity index (χ0v) is 15.9. The number of ether oxygens (including phenoxy) is 1. The first-order valence-electron chi connectivity index (χ1n) is 9.36. The van der Waals surface area contributed by atoms with Gasteiger partial charge in [0.1, 0.15) is 5.82 Å². The summed E-state index contributed by atoms with van der Waals surface area (Å²) < 4.78 is 38.0. The Labute approximate surface area is 143 Å². The molecule has 1 aliphatic heterocycles. The van der Waals surface area contributed by atoms with Crippen LogP contribution in [0.3, 0.4) is 0 Å². The van der Waals surface area contributed by atoms with Gasteiger partial charge in [0.25, 0.3) is 0 Å². The van der Waals surface area contributed by atoms with Crippen LogP contribution >= 0.6 is 0 Å². The molecule has 0 aliphatic carbocycles. The molecule has 0 saturated carbocycles. The van der Waals surface area contributed by atoms with E-state index in [0.717, 1.165) is 0 Å². The van der Waals surface area contributed by atoms with Gasteiger partial charge in [-0.15, -0.1) is 0 Å². The summed E-state index contributed by atoms with van der Waals surface area (Å²) in [6.45, 7) is 17.4. The van der Waals surface area contributed by atoms with Gasteiger partial charge in [0.15, 0.2) is 0 Å². The van der Waals surface area contributed by atoms with Crippen molar-refractivity contribution in [1.82, 2.24) is 4.90 Å². The number of rotatable bonds is 2. The molecule has 1 heterocycles. The van der Waals surface area contributed by atoms with E-state index < -0.39 is 5.41 Å². The molecule has 3 heteroatoms. The lowest BCUT2D eigenvalue weighted by Crippen LogP contribution is -2.56. The zero-order valence-electron chi connectivity index (χ0n) is 17.9. The molecule has 2 rings (SSSR count). The summed E-state index contributed by atoms with van der Waals surface area (Å²) in [4.78, 5) is 2.14. The Morgan fingerprint density at radius 3 is 2.17 bits per heavy atom. The van der Waals surface area contributed by atoms with Crippen LogP contribution in [0.4, 0.5) is 4.39 Å². The lowest BCUT2D eigenvalue weighted by atomic mass is 9.82. The van der Waals surface area contributed by atoms with Crippen molar-refractivity contribution in [3.05, 3.63) is 34.6 Å². The highest BCUT2D eigenvalue weighted by Gasteiger charge is 2.38. The SMILES string of the molecule is [2H]c1c([2H])c(CN2CC(C)(C)OC(C)(C)C2)c(F)c(C(C)(C)C)c1C. The maximum Gasteiger partial charge on any atom is 0.131 e. The highest BCUT2D eigenvalue weighted by molar-refractivity contribution is 5.37. The van der Waals surface area contributed by atoms with Crippen molar-refractivity contribution >= 4 is 0 Å². The van der Waals surface area contributed by atoms with Crippen molar-refractivity contribution in [2.45, 2.75) is 78.6 Å². The Balaban J connectivity index is 2.48. The number of hydrogen-bond donors (Lipinski definition) is 0. The Morgan fingerprint density at radius 1 is 1.17 bits per heavy atom. The highest BCUT2D eigenvalue weighted by Crippen LogP contribution is 2.33. The molecule has 0 atom stereocenters. The second-order valence-electron chi connectivity index (χ2n) is 9.06. The minimum absolute atomic E-state index is 0.00473. The predicted molar refractivity (Wildman–Crippen MR) is 94.4 cm³/mol. The van der Waals surface area contributed by atoms with Gasteiger partial charge in [0.05, 0.1) is 13.9 Å². The van der Waals surface area contributed by atoms with Gasteiger partial charge >= 0.3 is 0 Å². The van der Waals surface area contributed by atoms with Gasteiger partial charge in [-0.25, -0.2) is 4.39 Å². The van der Waals surface area contributed by atoms with E-state index in [0.29, 0.717) is 36.3 Å². The third-order valence-corrected chi connectivity index (χ3v) is 4.15. The molecule has 0 N–H and O–H groups in total. The maximum atomic E-state index is 15.3. The van der Waals surface area contributed by atoms with Crippen molar-refractivity contribution in [3.63, 3.8) is 0 Å². The molecular weight excluding hydrogens is 289 g/mol. The molecule has 130 valence electrons. The van der Waals surface area contributed by atoms with E-state index in [1.807, 2.05) is 48.5 Å². The first-order chi connectivity index (χ1) is 11.1. The smallest absolute Gasteiger partial charge is 0.131 e. The molecule has 0 unspecified atom stereocenters. The first kappa shape index (κ1) is 15.6. The van der Waals surface area contributed by atoms with Crippen LogP contribution in [-0.2, 0) is 16.7 Å². The molecule has 23 heavy (non-hydrogen) atoms. The highest BCUT2D eigenvalue weighted by atomic mass is 19.1. The van der Waals surface area contributed by atoms with E-state index >= 15 is 4.39 Å². The lowest BCUT2D eigenvalue weighted by Gasteiger charge is -2.47. The molecule has 0 spiro atoms. The first-order valence-corrected chi connectivity index (χ1v) is 8.36. The van der Waals surface area contributed by atoms with E-state index in [1.54, 1.807) is 6.92 Å². The summed E-state index contributed by atoms with van der Waals surface area (Å²) >= 11 is 0. The summed E-state index contributed by atoms with van der Waals surface area (Å²) in [5.41, 5.74) is 0.380. The fourth-order valence-corrected chi connectivity index (χ4v) is 3.88. The van der Waals surface area contributed by atoms with E-state index in [1.165, 1.54) is 0 Å². The Hall–Kier alpha value is -0.930. The van der Waals surface area contributed by atoms with E-state index in [-0.39, 0.29) is 29.1 Å². The second kappa shape index (κ2) is 5.86. The average Bonchev–Trinajstić information content (AvgIpc) is 2.36. The molecule has 0 amide bonds. The van der Waals surface area contributed by atoms with Crippen LogP contribution < -0.4 is 0 Å². The van der Waals surface area contributed by atoms with Gasteiger partial charge in [-0.1, -0.05) is 32.9 Å². The van der Waals surface area contributed by atoms with Crippen molar-refractivity contribution in [2.75, 3.05) is 13.1 Å². The average molecular weight is 323 g/mol. The van der Waals surface area contributed by atoms with Gasteiger partial charge in [0.2, 0.25) is 0 Å². The zero-order chi connectivity index (χ0) is 19.4. The molecule has 0 aromatic heterocycles. The monoisotopic (exact) mass is 323 g/mol. The van der Waals surface area contributed by atoms with E-state index in [2.05, 4.69) is 4.90 Å². The molecule has 0 radical (unpaired) electrons. The van der Waals surface area contributed by atoms with E-state index in [4.69, 9.17) is 7.48 Å². The van der Waals surface area contributed by atoms with Crippen molar-refractivity contribution in [3.8, 4) is 0 Å². The van der Waals surface area contributed by atoms with Gasteiger partial charge in [-0.3, -0.25) is 4.90 Å². The lowest BCUT2D eigenvalue weighted by molar-refractivity contribution is -0.182. The Morgan fingerprint density at radius 2 is 1.70 bits per heavy atom. The summed E-state index contributed by atoms with van der Waals surface area (Å²) in [6.07, 6.45) is 0. The minimum Gasteiger partial charge on any atom is -0.367 e. The predicted octanol–water partition coefficient (Wildman–Crippen LogP) is 4.82. The standard InChI is InChI=1S/C20H32FNO/c1-14-9-10-15(17(21)16(14)18(2,3)4)11-22-12-19(5,6)23-20(7,8)13-22/h9-10H,11-13H2,1-8H3/i9D,10D. The largest absolute Gasteiger partial charge is 0.367 e. The van der Waals surface area contributed by atoms with Crippen molar-refractivity contribution in [2.24, 2.45) is 0 Å². The van der Waals surface area contributed by atoms with Crippen LogP contribution in [0.15, 0.2) is 12.1 Å². The van der Waals surface area contributed by atoms with Crippen molar-refractivity contribution in [1.29, 1.82) is 0 Å². The molecule has 1 fully saturated rings. The summed E-state index contributed by atoms with van der Waals surface area (Å²) in [6, 6.07) is 0.137. The van der Waals surface area contributed by atoms with E-state index in [9.17, 15) is 0 Å². The van der Waals surface area contributed by atoms with Crippen molar-refractivity contribution < 1.29 is 11.9 Å². The quantitative estimate of drug-likeness (QED) is 0.773. The van der Waals surface area contributed by atoms with Crippen LogP contribution in [-0.4, -0.2) is 29.2 Å². The molecule has 1 aromatic rings. The maximum absolute atomic E-state index is 15.3. The van der Waals surface area contributed by atoms with Crippen LogP contribution in [0.25, 0.3) is 0 Å². The molecule has 2 nitrogen and oxygen atoms in total. The fourth-order valence-electron chi connectivity index (χ4n) is 3.88. The van der Waals surface area contributed by atoms with Gasteiger partial charge < -0.3 is 4.74 Å². The number of hydrogen-bond acceptors (Lipinski definition) is 2. The topological polar surface area (TPSA) is 12.5 Å². The third-order valence-electron chi connectivity index (χ3n) is 4.15. The number of halogens is 1. The summed E-state index contributed by atoms with van der Waals surface area (Å²) in [5.74, 6) is -0.326. The fraction of sp³-hybridized carbons (Fsp3) is 0.700. The Kier molecular flexibility index (Phi) is 3.97. The summed E-state index contributed by atoms with van der Waals surface area (Å²) in [7, 11) is 0. The van der Waals surface area contributed by atoms with Crippen LogP contribution in [0.2, 0.25) is 0 Å². The molecule has 0 bridgehead atoms. The Bertz CT molecular complexity index is 661. The van der Waals surface area contributed by atoms with Crippen LogP contribution in [0.1, 0.15) is 67.9 Å². The van der Waals surface area contributed by atoms with Crippen LogP contribution in [0.5, 0.6) is 0 Å². The molecule has 1 aliphatic rings. The molecule has 1 saturated heterocycles.